The van der Waals surface area contributed by atoms with E-state index >= 15 is 0 Å². The van der Waals surface area contributed by atoms with E-state index in [1.165, 1.54) is 0 Å². The zero-order chi connectivity index (χ0) is 12.3. The lowest BCUT2D eigenvalue weighted by Gasteiger charge is -2.25. The van der Waals surface area contributed by atoms with Gasteiger partial charge >= 0.3 is 5.97 Å². The van der Waals surface area contributed by atoms with Crippen molar-refractivity contribution in [3.8, 4) is 0 Å². The second-order valence-electron chi connectivity index (χ2n) is 4.30. The predicted octanol–water partition coefficient (Wildman–Crippen LogP) is 3.92. The smallest absolute Gasteiger partial charge is 0.304 e. The number of rotatable bonds is 4. The number of hydrogen-bond acceptors (Lipinski definition) is 2. The number of aliphatic carboxylic acids is 1. The summed E-state index contributed by atoms with van der Waals surface area (Å²) < 4.78 is 0.985. The molecule has 0 aliphatic rings. The van der Waals surface area contributed by atoms with Gasteiger partial charge in [-0.05, 0) is 30.0 Å². The molecule has 0 aliphatic carbocycles. The summed E-state index contributed by atoms with van der Waals surface area (Å²) in [5.74, 6) is -0.767. The van der Waals surface area contributed by atoms with Gasteiger partial charge < -0.3 is 5.11 Å². The maximum atomic E-state index is 10.9. The van der Waals surface area contributed by atoms with E-state index < -0.39 is 5.97 Å². The molecular weight excluding hydrogens is 288 g/mol. The molecule has 1 aromatic rings. The molecule has 0 aliphatic heterocycles. The molecule has 0 atom stereocenters. The van der Waals surface area contributed by atoms with Crippen molar-refractivity contribution in [2.75, 3.05) is 6.26 Å². The van der Waals surface area contributed by atoms with Crippen LogP contribution in [0.5, 0.6) is 0 Å². The molecule has 0 amide bonds. The Kier molecular flexibility index (Phi) is 4.44. The number of benzene rings is 1. The second kappa shape index (κ2) is 5.23. The van der Waals surface area contributed by atoms with Gasteiger partial charge in [0.2, 0.25) is 0 Å². The number of hydrogen-bond donors (Lipinski definition) is 1. The van der Waals surface area contributed by atoms with Gasteiger partial charge in [-0.3, -0.25) is 4.79 Å². The molecule has 0 fully saturated rings. The molecule has 0 radical (unpaired) electrons. The zero-order valence-electron chi connectivity index (χ0n) is 9.58. The van der Waals surface area contributed by atoms with E-state index in [4.69, 9.17) is 5.11 Å². The van der Waals surface area contributed by atoms with Crippen LogP contribution in [-0.2, 0) is 10.2 Å². The highest BCUT2D eigenvalue weighted by atomic mass is 79.9. The Labute approximate surface area is 109 Å². The van der Waals surface area contributed by atoms with Crippen molar-refractivity contribution in [1.29, 1.82) is 0 Å². The first-order valence-corrected chi connectivity index (χ1v) is 6.94. The van der Waals surface area contributed by atoms with Crippen LogP contribution >= 0.6 is 27.7 Å². The van der Waals surface area contributed by atoms with Crippen molar-refractivity contribution >= 4 is 33.7 Å². The Bertz CT molecular complexity index is 402. The number of carbonyl (C=O) groups is 1. The van der Waals surface area contributed by atoms with E-state index in [9.17, 15) is 4.79 Å². The normalized spacial score (nSPS) is 11.5. The summed E-state index contributed by atoms with van der Waals surface area (Å²) >= 11 is 5.07. The monoisotopic (exact) mass is 302 g/mol. The molecule has 0 heterocycles. The van der Waals surface area contributed by atoms with Crippen molar-refractivity contribution in [1.82, 2.24) is 0 Å². The maximum absolute atomic E-state index is 10.9. The van der Waals surface area contributed by atoms with Crippen LogP contribution in [0.15, 0.2) is 27.6 Å². The first-order valence-electron chi connectivity index (χ1n) is 4.92. The Morgan fingerprint density at radius 2 is 2.12 bits per heavy atom. The van der Waals surface area contributed by atoms with Crippen LogP contribution in [0.4, 0.5) is 0 Å². The topological polar surface area (TPSA) is 37.3 Å². The van der Waals surface area contributed by atoms with Gasteiger partial charge in [-0.25, -0.2) is 0 Å². The minimum absolute atomic E-state index is 0.136. The van der Waals surface area contributed by atoms with Gasteiger partial charge in [-0.2, -0.15) is 0 Å². The van der Waals surface area contributed by atoms with Crippen molar-refractivity contribution in [2.24, 2.45) is 0 Å². The lowest BCUT2D eigenvalue weighted by molar-refractivity contribution is -0.138. The fourth-order valence-corrected chi connectivity index (χ4v) is 2.80. The van der Waals surface area contributed by atoms with E-state index in [1.807, 2.05) is 38.3 Å². The molecule has 2 nitrogen and oxygen atoms in total. The maximum Gasteiger partial charge on any atom is 0.304 e. The summed E-state index contributed by atoms with van der Waals surface area (Å²) in [5, 5.41) is 8.92. The first-order chi connectivity index (χ1) is 7.36. The molecule has 0 bridgehead atoms. The Morgan fingerprint density at radius 1 is 1.50 bits per heavy atom. The molecule has 1 N–H and O–H groups in total. The highest BCUT2D eigenvalue weighted by Crippen LogP contribution is 2.35. The van der Waals surface area contributed by atoms with Gasteiger partial charge in [0.1, 0.15) is 0 Å². The largest absolute Gasteiger partial charge is 0.481 e. The predicted molar refractivity (Wildman–Crippen MR) is 71.2 cm³/mol. The van der Waals surface area contributed by atoms with Crippen LogP contribution in [0.3, 0.4) is 0 Å². The molecule has 1 rings (SSSR count). The molecule has 16 heavy (non-hydrogen) atoms. The van der Waals surface area contributed by atoms with E-state index in [1.54, 1.807) is 11.8 Å². The average Bonchev–Trinajstić information content (AvgIpc) is 2.15. The third-order valence-corrected chi connectivity index (χ3v) is 3.77. The number of carboxylic acids is 1. The quantitative estimate of drug-likeness (QED) is 0.857. The van der Waals surface area contributed by atoms with Crippen LogP contribution in [0, 0.1) is 0 Å². The van der Waals surface area contributed by atoms with Crippen molar-refractivity contribution in [3.63, 3.8) is 0 Å². The SMILES string of the molecule is CSc1ccc(Br)cc1C(C)(C)CC(=O)O. The van der Waals surface area contributed by atoms with E-state index in [2.05, 4.69) is 15.9 Å². The van der Waals surface area contributed by atoms with Gasteiger partial charge in [0.15, 0.2) is 0 Å². The summed E-state index contributed by atoms with van der Waals surface area (Å²) in [6, 6.07) is 6.01. The minimum Gasteiger partial charge on any atom is -0.481 e. The molecule has 0 saturated heterocycles. The average molecular weight is 303 g/mol. The van der Waals surface area contributed by atoms with Gasteiger partial charge in [0.25, 0.3) is 0 Å². The van der Waals surface area contributed by atoms with Gasteiger partial charge in [0.05, 0.1) is 6.42 Å². The Balaban J connectivity index is 3.18. The molecule has 1 aromatic carbocycles. The standard InChI is InChI=1S/C12H15BrO2S/c1-12(2,7-11(14)15)9-6-8(13)4-5-10(9)16-3/h4-6H,7H2,1-3H3,(H,14,15). The highest BCUT2D eigenvalue weighted by Gasteiger charge is 2.26. The number of thioether (sulfide) groups is 1. The van der Waals surface area contributed by atoms with Crippen molar-refractivity contribution in [2.45, 2.75) is 30.6 Å². The summed E-state index contributed by atoms with van der Waals surface area (Å²) in [6.45, 7) is 3.92. The van der Waals surface area contributed by atoms with Gasteiger partial charge in [-0.15, -0.1) is 11.8 Å². The Morgan fingerprint density at radius 3 is 2.62 bits per heavy atom. The summed E-state index contributed by atoms with van der Waals surface area (Å²) in [7, 11) is 0. The molecule has 0 spiro atoms. The lowest BCUT2D eigenvalue weighted by atomic mass is 9.81. The van der Waals surface area contributed by atoms with Crippen LogP contribution in [0.25, 0.3) is 0 Å². The molecular formula is C12H15BrO2S. The summed E-state index contributed by atoms with van der Waals surface area (Å²) in [5.41, 5.74) is 0.727. The van der Waals surface area contributed by atoms with Crippen LogP contribution in [0.2, 0.25) is 0 Å². The van der Waals surface area contributed by atoms with Crippen LogP contribution < -0.4 is 0 Å². The van der Waals surface area contributed by atoms with E-state index in [-0.39, 0.29) is 11.8 Å². The highest BCUT2D eigenvalue weighted by molar-refractivity contribution is 9.10. The van der Waals surface area contributed by atoms with E-state index in [0.29, 0.717) is 0 Å². The third kappa shape index (κ3) is 3.25. The fraction of sp³-hybridized carbons (Fsp3) is 0.417. The lowest BCUT2D eigenvalue weighted by Crippen LogP contribution is -2.22. The van der Waals surface area contributed by atoms with Crippen molar-refractivity contribution in [3.05, 3.63) is 28.2 Å². The van der Waals surface area contributed by atoms with Crippen LogP contribution in [0.1, 0.15) is 25.8 Å². The first kappa shape index (κ1) is 13.6. The Hall–Kier alpha value is -0.480. The van der Waals surface area contributed by atoms with Gasteiger partial charge in [0, 0.05) is 14.8 Å². The molecule has 88 valence electrons. The third-order valence-electron chi connectivity index (χ3n) is 2.48. The summed E-state index contributed by atoms with van der Waals surface area (Å²) in [6.07, 6.45) is 2.14. The van der Waals surface area contributed by atoms with Crippen molar-refractivity contribution < 1.29 is 9.90 Å². The molecule has 0 aromatic heterocycles. The van der Waals surface area contributed by atoms with E-state index in [0.717, 1.165) is 14.9 Å². The summed E-state index contributed by atoms with van der Waals surface area (Å²) in [4.78, 5) is 12.0. The molecule has 0 saturated carbocycles. The number of carboxylic acid groups (broad SMARTS) is 1. The molecule has 0 unspecified atom stereocenters. The second-order valence-corrected chi connectivity index (χ2v) is 6.06. The zero-order valence-corrected chi connectivity index (χ0v) is 12.0. The molecule has 4 heteroatoms. The van der Waals surface area contributed by atoms with Gasteiger partial charge in [-0.1, -0.05) is 29.8 Å². The van der Waals surface area contributed by atoms with Crippen LogP contribution in [-0.4, -0.2) is 17.3 Å². The fourth-order valence-electron chi connectivity index (χ4n) is 1.68. The minimum atomic E-state index is -0.767. The number of halogens is 1.